The Labute approximate surface area is 114 Å². The summed E-state index contributed by atoms with van der Waals surface area (Å²) in [5, 5.41) is 15.6. The summed E-state index contributed by atoms with van der Waals surface area (Å²) in [5.41, 5.74) is 3.82. The van der Waals surface area contributed by atoms with E-state index in [4.69, 9.17) is 0 Å². The van der Waals surface area contributed by atoms with Crippen molar-refractivity contribution in [3.8, 4) is 11.3 Å². The van der Waals surface area contributed by atoms with Gasteiger partial charge in [-0.05, 0) is 26.0 Å². The minimum Gasteiger partial charge on any atom is -0.258 e. The van der Waals surface area contributed by atoms with Crippen molar-refractivity contribution in [3.05, 3.63) is 57.9 Å². The highest BCUT2D eigenvalue weighted by atomic mass is 16.6. The number of nitrogens with zero attached hydrogens (tertiary/aromatic N) is 4. The fraction of sp³-hybridized carbons (Fsp3) is 0.143. The van der Waals surface area contributed by atoms with E-state index in [0.29, 0.717) is 11.3 Å². The highest BCUT2D eigenvalue weighted by Crippen LogP contribution is 2.30. The Kier molecular flexibility index (Phi) is 2.71. The first kappa shape index (κ1) is 12.3. The van der Waals surface area contributed by atoms with Crippen molar-refractivity contribution in [2.75, 3.05) is 0 Å². The van der Waals surface area contributed by atoms with Crippen LogP contribution >= 0.6 is 0 Å². The van der Waals surface area contributed by atoms with E-state index in [0.717, 1.165) is 16.9 Å². The van der Waals surface area contributed by atoms with Crippen molar-refractivity contribution < 1.29 is 4.92 Å². The summed E-state index contributed by atoms with van der Waals surface area (Å²) in [6.45, 7) is 3.83. The molecule has 6 heteroatoms. The van der Waals surface area contributed by atoms with Crippen LogP contribution in [0.1, 0.15) is 11.3 Å². The first-order valence-electron chi connectivity index (χ1n) is 6.14. The average molecular weight is 268 g/mol. The normalized spacial score (nSPS) is 10.9. The van der Waals surface area contributed by atoms with Gasteiger partial charge in [-0.2, -0.15) is 5.10 Å². The van der Waals surface area contributed by atoms with Crippen molar-refractivity contribution in [2.45, 2.75) is 13.8 Å². The zero-order chi connectivity index (χ0) is 14.3. The van der Waals surface area contributed by atoms with Gasteiger partial charge in [0.1, 0.15) is 0 Å². The lowest BCUT2D eigenvalue weighted by atomic mass is 10.1. The Bertz CT molecular complexity index is 823. The molecule has 0 radical (unpaired) electrons. The molecule has 1 aromatic carbocycles. The number of hydrogen-bond donors (Lipinski definition) is 0. The van der Waals surface area contributed by atoms with Crippen LogP contribution < -0.4 is 0 Å². The SMILES string of the molecule is Cc1nn2c(-c3ccccc3[N+](=O)[O-])ccnc2c1C. The molecule has 0 aliphatic heterocycles. The summed E-state index contributed by atoms with van der Waals surface area (Å²) in [4.78, 5) is 15.1. The number of aromatic nitrogens is 3. The first-order valence-corrected chi connectivity index (χ1v) is 6.14. The molecule has 0 saturated carbocycles. The number of hydrogen-bond acceptors (Lipinski definition) is 4. The second-order valence-corrected chi connectivity index (χ2v) is 4.55. The summed E-state index contributed by atoms with van der Waals surface area (Å²) in [6.07, 6.45) is 1.65. The summed E-state index contributed by atoms with van der Waals surface area (Å²) >= 11 is 0. The molecule has 0 fully saturated rings. The predicted molar refractivity (Wildman–Crippen MR) is 74.6 cm³/mol. The Balaban J connectivity index is 2.36. The third kappa shape index (κ3) is 1.73. The maximum atomic E-state index is 11.2. The van der Waals surface area contributed by atoms with E-state index in [1.165, 1.54) is 6.07 Å². The van der Waals surface area contributed by atoms with Gasteiger partial charge in [0.15, 0.2) is 5.65 Å². The average Bonchev–Trinajstić information content (AvgIpc) is 2.74. The van der Waals surface area contributed by atoms with Crippen molar-refractivity contribution in [3.63, 3.8) is 0 Å². The topological polar surface area (TPSA) is 73.3 Å². The standard InChI is InChI=1S/C14H12N4O2/c1-9-10(2)16-17-12(7-8-15-14(9)17)11-5-3-4-6-13(11)18(19)20/h3-8H,1-2H3. The molecule has 100 valence electrons. The van der Waals surface area contributed by atoms with E-state index in [1.54, 1.807) is 35.0 Å². The lowest BCUT2D eigenvalue weighted by Crippen LogP contribution is -1.99. The van der Waals surface area contributed by atoms with Crippen LogP contribution in [0.2, 0.25) is 0 Å². The second kappa shape index (κ2) is 4.41. The smallest absolute Gasteiger partial charge is 0.258 e. The quantitative estimate of drug-likeness (QED) is 0.529. The molecule has 0 saturated heterocycles. The van der Waals surface area contributed by atoms with Crippen molar-refractivity contribution in [1.29, 1.82) is 0 Å². The maximum absolute atomic E-state index is 11.2. The molecule has 0 aliphatic carbocycles. The minimum atomic E-state index is -0.384. The molecule has 0 bridgehead atoms. The van der Waals surface area contributed by atoms with Gasteiger partial charge < -0.3 is 0 Å². The van der Waals surface area contributed by atoms with Gasteiger partial charge in [-0.1, -0.05) is 12.1 Å². The molecule has 0 N–H and O–H groups in total. The molecule has 0 aliphatic rings. The van der Waals surface area contributed by atoms with Crippen molar-refractivity contribution in [1.82, 2.24) is 14.6 Å². The lowest BCUT2D eigenvalue weighted by molar-refractivity contribution is -0.384. The fourth-order valence-electron chi connectivity index (χ4n) is 2.21. The first-order chi connectivity index (χ1) is 9.59. The van der Waals surface area contributed by atoms with Crippen molar-refractivity contribution >= 4 is 11.3 Å². The number of para-hydroxylation sites is 1. The molecule has 0 unspecified atom stereocenters. The molecular weight excluding hydrogens is 256 g/mol. The zero-order valence-corrected chi connectivity index (χ0v) is 11.1. The molecule has 20 heavy (non-hydrogen) atoms. The van der Waals surface area contributed by atoms with E-state index in [9.17, 15) is 10.1 Å². The van der Waals surface area contributed by atoms with Crippen LogP contribution in [0.15, 0.2) is 36.5 Å². The monoisotopic (exact) mass is 268 g/mol. The predicted octanol–water partition coefficient (Wildman–Crippen LogP) is 2.92. The summed E-state index contributed by atoms with van der Waals surface area (Å²) in [5.74, 6) is 0. The van der Waals surface area contributed by atoms with Crippen LogP contribution in [0.4, 0.5) is 5.69 Å². The number of nitro benzene ring substituents is 1. The van der Waals surface area contributed by atoms with Crippen LogP contribution in [0, 0.1) is 24.0 Å². The summed E-state index contributed by atoms with van der Waals surface area (Å²) in [7, 11) is 0. The molecule has 0 amide bonds. The Morgan fingerprint density at radius 2 is 1.95 bits per heavy atom. The van der Waals surface area contributed by atoms with Crippen LogP contribution in [-0.2, 0) is 0 Å². The van der Waals surface area contributed by atoms with Gasteiger partial charge >= 0.3 is 0 Å². The van der Waals surface area contributed by atoms with Gasteiger partial charge in [-0.15, -0.1) is 0 Å². The van der Waals surface area contributed by atoms with E-state index in [1.807, 2.05) is 13.8 Å². The van der Waals surface area contributed by atoms with Gasteiger partial charge in [-0.3, -0.25) is 10.1 Å². The third-order valence-corrected chi connectivity index (χ3v) is 3.36. The number of benzene rings is 1. The van der Waals surface area contributed by atoms with E-state index >= 15 is 0 Å². The van der Waals surface area contributed by atoms with E-state index < -0.39 is 0 Å². The second-order valence-electron chi connectivity index (χ2n) is 4.55. The van der Waals surface area contributed by atoms with Crippen LogP contribution in [-0.4, -0.2) is 19.5 Å². The zero-order valence-electron chi connectivity index (χ0n) is 11.1. The molecule has 0 atom stereocenters. The Morgan fingerprint density at radius 3 is 2.70 bits per heavy atom. The maximum Gasteiger partial charge on any atom is 0.278 e. The van der Waals surface area contributed by atoms with Gasteiger partial charge in [0.05, 0.1) is 21.9 Å². The van der Waals surface area contributed by atoms with E-state index in [2.05, 4.69) is 10.1 Å². The Morgan fingerprint density at radius 1 is 1.20 bits per heavy atom. The number of aryl methyl sites for hydroxylation is 2. The van der Waals surface area contributed by atoms with Crippen LogP contribution in [0.3, 0.4) is 0 Å². The molecule has 2 heterocycles. The number of nitro groups is 1. The molecule has 3 aromatic rings. The minimum absolute atomic E-state index is 0.0609. The lowest BCUT2D eigenvalue weighted by Gasteiger charge is -2.05. The molecule has 2 aromatic heterocycles. The van der Waals surface area contributed by atoms with Gasteiger partial charge in [0.25, 0.3) is 5.69 Å². The summed E-state index contributed by atoms with van der Waals surface area (Å²) < 4.78 is 1.66. The third-order valence-electron chi connectivity index (χ3n) is 3.36. The van der Waals surface area contributed by atoms with Gasteiger partial charge in [0.2, 0.25) is 0 Å². The Hall–Kier alpha value is -2.76. The van der Waals surface area contributed by atoms with Gasteiger partial charge in [0, 0.05) is 17.8 Å². The fourth-order valence-corrected chi connectivity index (χ4v) is 2.21. The number of fused-ring (bicyclic) bond motifs is 1. The van der Waals surface area contributed by atoms with E-state index in [-0.39, 0.29) is 10.6 Å². The molecule has 0 spiro atoms. The van der Waals surface area contributed by atoms with Crippen molar-refractivity contribution in [2.24, 2.45) is 0 Å². The molecule has 6 nitrogen and oxygen atoms in total. The van der Waals surface area contributed by atoms with Crippen LogP contribution in [0.25, 0.3) is 16.9 Å². The molecule has 3 rings (SSSR count). The highest BCUT2D eigenvalue weighted by Gasteiger charge is 2.18. The van der Waals surface area contributed by atoms with Crippen LogP contribution in [0.5, 0.6) is 0 Å². The number of rotatable bonds is 2. The van der Waals surface area contributed by atoms with Gasteiger partial charge in [-0.25, -0.2) is 9.50 Å². The molecular formula is C14H12N4O2. The largest absolute Gasteiger partial charge is 0.278 e. The highest BCUT2D eigenvalue weighted by molar-refractivity contribution is 5.72. The summed E-state index contributed by atoms with van der Waals surface area (Å²) in [6, 6.07) is 8.38.